The average Bonchev–Trinajstić information content (AvgIpc) is 3.86. The molecule has 4 heteroatoms. The molecule has 0 atom stereocenters. The molecular formula is C45H26N2O2. The Bertz CT molecular complexity index is 3110. The number of nitrogens with zero attached hydrogens (tertiary/aromatic N) is 2. The number of oxazole rings is 1. The molecule has 0 fully saturated rings. The van der Waals surface area contributed by atoms with Crippen molar-refractivity contribution in [2.75, 3.05) is 0 Å². The minimum Gasteiger partial charge on any atom is -0.455 e. The standard InChI is InChI=1S/C45H26N2O2/c1-2-11-28(12-3-1)35-26-37-44(42-34-16-8-9-17-40(34)48-43(35)42)49-45(46-37)31-20-22-38-36(25-31)41-33-15-7-6-13-29(33)19-23-39(41)47(38)32-21-18-27-10-4-5-14-30(27)24-32/h1-26H. The molecule has 0 aliphatic rings. The van der Waals surface area contributed by atoms with Crippen molar-refractivity contribution in [3.63, 3.8) is 0 Å². The van der Waals surface area contributed by atoms with Crippen LogP contribution in [0, 0.1) is 0 Å². The molecule has 0 saturated carbocycles. The summed E-state index contributed by atoms with van der Waals surface area (Å²) in [5, 5.41) is 9.21. The van der Waals surface area contributed by atoms with Gasteiger partial charge in [0.1, 0.15) is 16.7 Å². The van der Waals surface area contributed by atoms with Crippen LogP contribution in [0.25, 0.3) is 105 Å². The van der Waals surface area contributed by atoms with E-state index in [0.29, 0.717) is 5.89 Å². The highest BCUT2D eigenvalue weighted by Crippen LogP contribution is 2.43. The van der Waals surface area contributed by atoms with Gasteiger partial charge in [-0.1, -0.05) is 109 Å². The maximum Gasteiger partial charge on any atom is 0.227 e. The Hall–Kier alpha value is -6.65. The lowest BCUT2D eigenvalue weighted by molar-refractivity contribution is 0.622. The van der Waals surface area contributed by atoms with Crippen LogP contribution < -0.4 is 0 Å². The number of fused-ring (bicyclic) bond motifs is 11. The van der Waals surface area contributed by atoms with Gasteiger partial charge in [0.15, 0.2) is 5.58 Å². The van der Waals surface area contributed by atoms with Crippen LogP contribution in [0.5, 0.6) is 0 Å². The van der Waals surface area contributed by atoms with Crippen molar-refractivity contribution in [2.24, 2.45) is 0 Å². The second kappa shape index (κ2) is 9.93. The van der Waals surface area contributed by atoms with Gasteiger partial charge in [0, 0.05) is 33.0 Å². The fourth-order valence-corrected chi connectivity index (χ4v) is 7.74. The third-order valence-electron chi connectivity index (χ3n) is 9.98. The molecule has 49 heavy (non-hydrogen) atoms. The van der Waals surface area contributed by atoms with Gasteiger partial charge in [-0.05, 0) is 75.6 Å². The van der Waals surface area contributed by atoms with E-state index in [9.17, 15) is 0 Å². The SMILES string of the molecule is c1ccc(-c2cc3nc(-c4ccc5c(c4)c4c6ccccc6ccc4n5-c4ccc5ccccc5c4)oc3c3c2oc2ccccc23)cc1. The molecule has 11 rings (SSSR count). The Morgan fingerprint density at radius 1 is 0.449 bits per heavy atom. The number of benzene rings is 8. The molecule has 3 aromatic heterocycles. The topological polar surface area (TPSA) is 44.1 Å². The summed E-state index contributed by atoms with van der Waals surface area (Å²) in [5.41, 5.74) is 9.61. The number of furan rings is 1. The van der Waals surface area contributed by atoms with Gasteiger partial charge in [0.2, 0.25) is 5.89 Å². The fraction of sp³-hybridized carbons (Fsp3) is 0. The molecule has 4 nitrogen and oxygen atoms in total. The summed E-state index contributed by atoms with van der Waals surface area (Å²) in [5.74, 6) is 0.584. The Morgan fingerprint density at radius 3 is 2.08 bits per heavy atom. The number of hydrogen-bond donors (Lipinski definition) is 0. The van der Waals surface area contributed by atoms with Crippen LogP contribution in [0.1, 0.15) is 0 Å². The molecule has 3 heterocycles. The van der Waals surface area contributed by atoms with Gasteiger partial charge >= 0.3 is 0 Å². The third-order valence-corrected chi connectivity index (χ3v) is 9.98. The quantitative estimate of drug-likeness (QED) is 0.196. The highest BCUT2D eigenvalue weighted by molar-refractivity contribution is 6.23. The van der Waals surface area contributed by atoms with E-state index >= 15 is 0 Å². The first-order valence-electron chi connectivity index (χ1n) is 16.5. The zero-order chi connectivity index (χ0) is 32.1. The van der Waals surface area contributed by atoms with E-state index in [1.54, 1.807) is 0 Å². The molecule has 0 bridgehead atoms. The summed E-state index contributed by atoms with van der Waals surface area (Å²) in [7, 11) is 0. The molecule has 8 aromatic carbocycles. The van der Waals surface area contributed by atoms with E-state index in [-0.39, 0.29) is 0 Å². The number of para-hydroxylation sites is 1. The van der Waals surface area contributed by atoms with Crippen LogP contribution in [0.2, 0.25) is 0 Å². The summed E-state index contributed by atoms with van der Waals surface area (Å²) >= 11 is 0. The molecule has 11 aromatic rings. The largest absolute Gasteiger partial charge is 0.455 e. The first-order valence-corrected chi connectivity index (χ1v) is 16.5. The van der Waals surface area contributed by atoms with E-state index in [1.807, 2.05) is 24.3 Å². The van der Waals surface area contributed by atoms with Crippen LogP contribution >= 0.6 is 0 Å². The summed E-state index contributed by atoms with van der Waals surface area (Å²) in [6.07, 6.45) is 0. The lowest BCUT2D eigenvalue weighted by atomic mass is 10.0. The molecule has 0 amide bonds. The maximum atomic E-state index is 6.73. The van der Waals surface area contributed by atoms with Gasteiger partial charge in [0.25, 0.3) is 0 Å². The lowest BCUT2D eigenvalue weighted by Crippen LogP contribution is -1.94. The van der Waals surface area contributed by atoms with Gasteiger partial charge in [-0.15, -0.1) is 0 Å². The van der Waals surface area contributed by atoms with E-state index < -0.39 is 0 Å². The molecule has 0 aliphatic heterocycles. The van der Waals surface area contributed by atoms with Crippen molar-refractivity contribution < 1.29 is 8.83 Å². The molecule has 0 spiro atoms. The molecule has 0 saturated heterocycles. The summed E-state index contributed by atoms with van der Waals surface area (Å²) < 4.78 is 15.6. The summed E-state index contributed by atoms with van der Waals surface area (Å²) in [6, 6.07) is 55.5. The normalized spacial score (nSPS) is 12.1. The monoisotopic (exact) mass is 626 g/mol. The van der Waals surface area contributed by atoms with Crippen LogP contribution in [0.15, 0.2) is 167 Å². The minimum atomic E-state index is 0.584. The minimum absolute atomic E-state index is 0.584. The van der Waals surface area contributed by atoms with E-state index in [0.717, 1.165) is 71.8 Å². The molecule has 0 N–H and O–H groups in total. The maximum absolute atomic E-state index is 6.73. The van der Waals surface area contributed by atoms with Crippen LogP contribution in [0.4, 0.5) is 0 Å². The Balaban J connectivity index is 1.19. The molecule has 0 aliphatic carbocycles. The summed E-state index contributed by atoms with van der Waals surface area (Å²) in [6.45, 7) is 0. The van der Waals surface area contributed by atoms with Crippen molar-refractivity contribution in [1.82, 2.24) is 9.55 Å². The highest BCUT2D eigenvalue weighted by atomic mass is 16.4. The Morgan fingerprint density at radius 2 is 1.18 bits per heavy atom. The first-order chi connectivity index (χ1) is 24.3. The smallest absolute Gasteiger partial charge is 0.227 e. The average molecular weight is 627 g/mol. The predicted octanol–water partition coefficient (Wildman–Crippen LogP) is 12.5. The third kappa shape index (κ3) is 3.83. The second-order valence-electron chi connectivity index (χ2n) is 12.7. The van der Waals surface area contributed by atoms with Gasteiger partial charge in [0.05, 0.1) is 16.4 Å². The number of aromatic nitrogens is 2. The number of hydrogen-bond acceptors (Lipinski definition) is 3. The van der Waals surface area contributed by atoms with E-state index in [1.165, 1.54) is 26.9 Å². The van der Waals surface area contributed by atoms with Crippen molar-refractivity contribution in [3.8, 4) is 28.3 Å². The molecular weight excluding hydrogens is 601 g/mol. The zero-order valence-corrected chi connectivity index (χ0v) is 26.2. The van der Waals surface area contributed by atoms with E-state index in [2.05, 4.69) is 138 Å². The molecule has 0 radical (unpaired) electrons. The highest BCUT2D eigenvalue weighted by Gasteiger charge is 2.22. The predicted molar refractivity (Wildman–Crippen MR) is 202 cm³/mol. The zero-order valence-electron chi connectivity index (χ0n) is 26.2. The van der Waals surface area contributed by atoms with Crippen molar-refractivity contribution >= 4 is 76.4 Å². The number of rotatable bonds is 3. The Kier molecular flexibility index (Phi) is 5.35. The molecule has 228 valence electrons. The van der Waals surface area contributed by atoms with Crippen molar-refractivity contribution in [2.45, 2.75) is 0 Å². The second-order valence-corrected chi connectivity index (χ2v) is 12.7. The van der Waals surface area contributed by atoms with Gasteiger partial charge in [-0.3, -0.25) is 0 Å². The van der Waals surface area contributed by atoms with Gasteiger partial charge in [-0.2, -0.15) is 0 Å². The lowest BCUT2D eigenvalue weighted by Gasteiger charge is -2.10. The summed E-state index contributed by atoms with van der Waals surface area (Å²) in [4.78, 5) is 5.14. The van der Waals surface area contributed by atoms with Crippen molar-refractivity contribution in [1.29, 1.82) is 0 Å². The van der Waals surface area contributed by atoms with Crippen molar-refractivity contribution in [3.05, 3.63) is 158 Å². The first kappa shape index (κ1) is 26.4. The van der Waals surface area contributed by atoms with Crippen LogP contribution in [0.3, 0.4) is 0 Å². The molecule has 0 unspecified atom stereocenters. The van der Waals surface area contributed by atoms with Crippen LogP contribution in [-0.4, -0.2) is 9.55 Å². The van der Waals surface area contributed by atoms with E-state index in [4.69, 9.17) is 13.8 Å². The Labute approximate surface area is 280 Å². The van der Waals surface area contributed by atoms with Gasteiger partial charge in [-0.25, -0.2) is 4.98 Å². The van der Waals surface area contributed by atoms with Crippen LogP contribution in [-0.2, 0) is 0 Å². The fourth-order valence-electron chi connectivity index (χ4n) is 7.74. The van der Waals surface area contributed by atoms with Gasteiger partial charge < -0.3 is 13.4 Å².